The van der Waals surface area contributed by atoms with Crippen LogP contribution in [0.3, 0.4) is 0 Å². The Kier molecular flexibility index (Phi) is 3.57. The van der Waals surface area contributed by atoms with Gasteiger partial charge in [-0.1, -0.05) is 30.3 Å². The van der Waals surface area contributed by atoms with E-state index in [9.17, 15) is 4.79 Å². The minimum atomic E-state index is -0.300. The molecule has 3 heteroatoms. The number of benzene rings is 1. The Balaban J connectivity index is 2.05. The van der Waals surface area contributed by atoms with Gasteiger partial charge in [0.2, 0.25) is 0 Å². The number of hydrogen-bond donors (Lipinski definition) is 0. The molecular formula is C13H17NO2. The second kappa shape index (κ2) is 5.12. The molecule has 0 spiro atoms. The summed E-state index contributed by atoms with van der Waals surface area (Å²) >= 11 is 0. The summed E-state index contributed by atoms with van der Waals surface area (Å²) in [7, 11) is 0. The number of rotatable bonds is 2. The molecule has 1 amide bonds. The molecule has 1 fully saturated rings. The molecule has 0 saturated carbocycles. The zero-order chi connectivity index (χ0) is 11.4. The van der Waals surface area contributed by atoms with Crippen LogP contribution in [-0.4, -0.2) is 30.1 Å². The van der Waals surface area contributed by atoms with Crippen molar-refractivity contribution in [2.24, 2.45) is 0 Å². The maximum absolute atomic E-state index is 12.0. The summed E-state index contributed by atoms with van der Waals surface area (Å²) in [4.78, 5) is 13.8. The van der Waals surface area contributed by atoms with Gasteiger partial charge in [0.25, 0.3) is 5.91 Å². The summed E-state index contributed by atoms with van der Waals surface area (Å²) in [6.07, 6.45) is 0.620. The second-order valence-corrected chi connectivity index (χ2v) is 4.11. The molecule has 1 saturated heterocycles. The number of hydrogen-bond acceptors (Lipinski definition) is 2. The first kappa shape index (κ1) is 11.1. The van der Waals surface area contributed by atoms with Gasteiger partial charge in [-0.2, -0.15) is 0 Å². The van der Waals surface area contributed by atoms with Gasteiger partial charge < -0.3 is 9.64 Å². The van der Waals surface area contributed by atoms with Crippen LogP contribution in [0.4, 0.5) is 0 Å². The van der Waals surface area contributed by atoms with Crippen LogP contribution in [0.1, 0.15) is 18.9 Å². The van der Waals surface area contributed by atoms with Crippen LogP contribution >= 0.6 is 0 Å². The Bertz CT molecular complexity index is 350. The van der Waals surface area contributed by atoms with Gasteiger partial charge in [0.05, 0.1) is 0 Å². The third-order valence-corrected chi connectivity index (χ3v) is 2.82. The van der Waals surface area contributed by atoms with Crippen molar-refractivity contribution < 1.29 is 9.53 Å². The fraction of sp³-hybridized carbons (Fsp3) is 0.462. The highest BCUT2D eigenvalue weighted by Gasteiger charge is 2.23. The third kappa shape index (κ3) is 2.61. The number of carbonyl (C=O) groups excluding carboxylic acids is 1. The zero-order valence-electron chi connectivity index (χ0n) is 9.56. The highest BCUT2D eigenvalue weighted by atomic mass is 16.5. The first-order chi connectivity index (χ1) is 7.77. The van der Waals surface area contributed by atoms with Crippen LogP contribution in [0, 0.1) is 0 Å². The fourth-order valence-corrected chi connectivity index (χ4v) is 1.91. The summed E-state index contributed by atoms with van der Waals surface area (Å²) in [5, 5.41) is 0. The van der Waals surface area contributed by atoms with E-state index in [1.165, 1.54) is 5.56 Å². The SMILES string of the molecule is CC1OCCCN(Cc2ccccc2)C1=O. The van der Waals surface area contributed by atoms with Crippen molar-refractivity contribution in [3.63, 3.8) is 0 Å². The van der Waals surface area contributed by atoms with E-state index in [4.69, 9.17) is 4.74 Å². The highest BCUT2D eigenvalue weighted by Crippen LogP contribution is 2.11. The highest BCUT2D eigenvalue weighted by molar-refractivity contribution is 5.80. The molecule has 0 radical (unpaired) electrons. The lowest BCUT2D eigenvalue weighted by molar-refractivity contribution is -0.140. The fourth-order valence-electron chi connectivity index (χ4n) is 1.91. The Hall–Kier alpha value is -1.35. The van der Waals surface area contributed by atoms with Crippen LogP contribution in [-0.2, 0) is 16.1 Å². The predicted molar refractivity (Wildman–Crippen MR) is 61.9 cm³/mol. The first-order valence-corrected chi connectivity index (χ1v) is 5.71. The van der Waals surface area contributed by atoms with Gasteiger partial charge >= 0.3 is 0 Å². The topological polar surface area (TPSA) is 29.5 Å². The van der Waals surface area contributed by atoms with Crippen LogP contribution in [0.5, 0.6) is 0 Å². The van der Waals surface area contributed by atoms with E-state index < -0.39 is 0 Å². The molecule has 1 aliphatic rings. The monoisotopic (exact) mass is 219 g/mol. The average molecular weight is 219 g/mol. The van der Waals surface area contributed by atoms with E-state index in [0.717, 1.165) is 13.0 Å². The second-order valence-electron chi connectivity index (χ2n) is 4.11. The molecule has 86 valence electrons. The lowest BCUT2D eigenvalue weighted by Crippen LogP contribution is -2.36. The van der Waals surface area contributed by atoms with Crippen LogP contribution in [0.25, 0.3) is 0 Å². The van der Waals surface area contributed by atoms with Gasteiger partial charge in [0.15, 0.2) is 0 Å². The first-order valence-electron chi connectivity index (χ1n) is 5.71. The normalized spacial score (nSPS) is 21.9. The molecule has 1 unspecified atom stereocenters. The standard InChI is InChI=1S/C13H17NO2/c1-11-13(15)14(8-5-9-16-11)10-12-6-3-2-4-7-12/h2-4,6-7,11H,5,8-10H2,1H3. The van der Waals surface area contributed by atoms with E-state index in [0.29, 0.717) is 13.2 Å². The molecule has 0 N–H and O–H groups in total. The molecule has 0 aliphatic carbocycles. The molecule has 3 nitrogen and oxygen atoms in total. The van der Waals surface area contributed by atoms with Crippen LogP contribution in [0.15, 0.2) is 30.3 Å². The van der Waals surface area contributed by atoms with Gasteiger partial charge in [-0.05, 0) is 18.9 Å². The van der Waals surface area contributed by atoms with Crippen molar-refractivity contribution in [1.82, 2.24) is 4.90 Å². The van der Waals surface area contributed by atoms with E-state index in [-0.39, 0.29) is 12.0 Å². The van der Waals surface area contributed by atoms with E-state index >= 15 is 0 Å². The number of ether oxygens (including phenoxy) is 1. The lowest BCUT2D eigenvalue weighted by atomic mass is 10.2. The van der Waals surface area contributed by atoms with Crippen molar-refractivity contribution in [2.75, 3.05) is 13.2 Å². The van der Waals surface area contributed by atoms with Crippen molar-refractivity contribution in [3.05, 3.63) is 35.9 Å². The Morgan fingerprint density at radius 2 is 2.12 bits per heavy atom. The summed E-state index contributed by atoms with van der Waals surface area (Å²) in [6.45, 7) is 3.98. The summed E-state index contributed by atoms with van der Waals surface area (Å²) in [5.74, 6) is 0.0985. The molecule has 0 aromatic heterocycles. The van der Waals surface area contributed by atoms with E-state index in [1.807, 2.05) is 42.2 Å². The smallest absolute Gasteiger partial charge is 0.251 e. The minimum Gasteiger partial charge on any atom is -0.369 e. The Morgan fingerprint density at radius 1 is 1.38 bits per heavy atom. The third-order valence-electron chi connectivity index (χ3n) is 2.82. The summed E-state index contributed by atoms with van der Waals surface area (Å²) in [5.41, 5.74) is 1.17. The number of nitrogens with zero attached hydrogens (tertiary/aromatic N) is 1. The van der Waals surface area contributed by atoms with Crippen LogP contribution in [0.2, 0.25) is 0 Å². The zero-order valence-corrected chi connectivity index (χ0v) is 9.56. The minimum absolute atomic E-state index is 0.0985. The maximum Gasteiger partial charge on any atom is 0.251 e. The molecule has 2 rings (SSSR count). The average Bonchev–Trinajstić information content (AvgIpc) is 2.46. The molecule has 16 heavy (non-hydrogen) atoms. The molecule has 1 heterocycles. The van der Waals surface area contributed by atoms with Gasteiger partial charge in [0.1, 0.15) is 6.10 Å². The molecule has 1 aliphatic heterocycles. The number of carbonyl (C=O) groups is 1. The Morgan fingerprint density at radius 3 is 2.88 bits per heavy atom. The summed E-state index contributed by atoms with van der Waals surface area (Å²) < 4.78 is 5.39. The van der Waals surface area contributed by atoms with E-state index in [2.05, 4.69) is 0 Å². The largest absolute Gasteiger partial charge is 0.369 e. The maximum atomic E-state index is 12.0. The predicted octanol–water partition coefficient (Wildman–Crippen LogP) is 1.82. The lowest BCUT2D eigenvalue weighted by Gasteiger charge is -2.22. The quantitative estimate of drug-likeness (QED) is 0.759. The van der Waals surface area contributed by atoms with Gasteiger partial charge in [-0.15, -0.1) is 0 Å². The summed E-state index contributed by atoms with van der Waals surface area (Å²) in [6, 6.07) is 10.1. The van der Waals surface area contributed by atoms with Crippen molar-refractivity contribution in [3.8, 4) is 0 Å². The molecular weight excluding hydrogens is 202 g/mol. The van der Waals surface area contributed by atoms with Gasteiger partial charge in [-0.3, -0.25) is 4.79 Å². The molecule has 1 aromatic rings. The van der Waals surface area contributed by atoms with Crippen molar-refractivity contribution >= 4 is 5.91 Å². The molecule has 0 bridgehead atoms. The van der Waals surface area contributed by atoms with Crippen LogP contribution < -0.4 is 0 Å². The van der Waals surface area contributed by atoms with E-state index in [1.54, 1.807) is 0 Å². The molecule has 1 aromatic carbocycles. The number of amides is 1. The Labute approximate surface area is 96.0 Å². The molecule has 1 atom stereocenters. The van der Waals surface area contributed by atoms with Crippen molar-refractivity contribution in [1.29, 1.82) is 0 Å². The van der Waals surface area contributed by atoms with Gasteiger partial charge in [0, 0.05) is 19.7 Å². The van der Waals surface area contributed by atoms with Gasteiger partial charge in [-0.25, -0.2) is 0 Å². The van der Waals surface area contributed by atoms with Crippen molar-refractivity contribution in [2.45, 2.75) is 26.0 Å².